The number of rotatable bonds is 3. The lowest BCUT2D eigenvalue weighted by Crippen LogP contribution is -2.36. The first-order valence-electron chi connectivity index (χ1n) is 5.70. The predicted octanol–water partition coefficient (Wildman–Crippen LogP) is 2.51. The zero-order chi connectivity index (χ0) is 10.7. The molecule has 1 saturated heterocycles. The van der Waals surface area contributed by atoms with E-state index in [1.165, 1.54) is 5.56 Å². The second kappa shape index (κ2) is 4.77. The summed E-state index contributed by atoms with van der Waals surface area (Å²) >= 11 is 0. The summed E-state index contributed by atoms with van der Waals surface area (Å²) in [6, 6.07) is 11.5. The Morgan fingerprint density at radius 1 is 1.33 bits per heavy atom. The molecule has 2 heteroatoms. The molecule has 0 aliphatic carbocycles. The van der Waals surface area contributed by atoms with Crippen molar-refractivity contribution in [2.45, 2.75) is 38.5 Å². The molecule has 1 aliphatic rings. The molecule has 0 aromatic heterocycles. The molecule has 82 valence electrons. The minimum atomic E-state index is 0.344. The van der Waals surface area contributed by atoms with Crippen LogP contribution in [0.5, 0.6) is 0 Å². The summed E-state index contributed by atoms with van der Waals surface area (Å²) in [5.41, 5.74) is 1.34. The molecular formula is C13H19NO. The molecule has 0 spiro atoms. The van der Waals surface area contributed by atoms with Crippen LogP contribution in [-0.4, -0.2) is 18.8 Å². The largest absolute Gasteiger partial charge is 0.377 e. The maximum Gasteiger partial charge on any atom is 0.0700 e. The Bertz CT molecular complexity index is 299. The third kappa shape index (κ3) is 2.58. The van der Waals surface area contributed by atoms with Gasteiger partial charge in [-0.3, -0.25) is 0 Å². The second-order valence-corrected chi connectivity index (χ2v) is 4.27. The third-order valence-corrected chi connectivity index (χ3v) is 3.14. The van der Waals surface area contributed by atoms with Gasteiger partial charge in [0, 0.05) is 18.7 Å². The van der Waals surface area contributed by atoms with E-state index < -0.39 is 0 Å². The second-order valence-electron chi connectivity index (χ2n) is 4.27. The minimum absolute atomic E-state index is 0.344. The summed E-state index contributed by atoms with van der Waals surface area (Å²) in [6.07, 6.45) is 1.47. The van der Waals surface area contributed by atoms with Crippen LogP contribution < -0.4 is 5.32 Å². The van der Waals surface area contributed by atoms with Gasteiger partial charge in [0.1, 0.15) is 0 Å². The highest BCUT2D eigenvalue weighted by Crippen LogP contribution is 2.18. The van der Waals surface area contributed by atoms with E-state index in [0.29, 0.717) is 18.2 Å². The van der Waals surface area contributed by atoms with Gasteiger partial charge in [0.2, 0.25) is 0 Å². The smallest absolute Gasteiger partial charge is 0.0700 e. The van der Waals surface area contributed by atoms with Crippen LogP contribution >= 0.6 is 0 Å². The van der Waals surface area contributed by atoms with E-state index in [1.807, 2.05) is 0 Å². The highest BCUT2D eigenvalue weighted by Gasteiger charge is 2.25. The van der Waals surface area contributed by atoms with Crippen LogP contribution in [0.1, 0.15) is 31.9 Å². The number of nitrogens with one attached hydrogen (secondary N) is 1. The molecular weight excluding hydrogens is 186 g/mol. The summed E-state index contributed by atoms with van der Waals surface area (Å²) in [4.78, 5) is 0. The van der Waals surface area contributed by atoms with Gasteiger partial charge in [0.25, 0.3) is 0 Å². The van der Waals surface area contributed by atoms with Gasteiger partial charge in [0.15, 0.2) is 0 Å². The third-order valence-electron chi connectivity index (χ3n) is 3.14. The van der Waals surface area contributed by atoms with Crippen molar-refractivity contribution in [2.75, 3.05) is 6.61 Å². The summed E-state index contributed by atoms with van der Waals surface area (Å²) in [6.45, 7) is 5.24. The van der Waals surface area contributed by atoms with E-state index in [4.69, 9.17) is 4.74 Å². The quantitative estimate of drug-likeness (QED) is 0.818. The average Bonchev–Trinajstić information content (AvgIpc) is 2.66. The van der Waals surface area contributed by atoms with E-state index >= 15 is 0 Å². The lowest BCUT2D eigenvalue weighted by atomic mass is 10.1. The van der Waals surface area contributed by atoms with Crippen molar-refractivity contribution in [1.29, 1.82) is 0 Å². The number of ether oxygens (including phenoxy) is 1. The molecule has 0 bridgehead atoms. The Morgan fingerprint density at radius 2 is 2.07 bits per heavy atom. The normalized spacial score (nSPS) is 27.9. The van der Waals surface area contributed by atoms with E-state index in [2.05, 4.69) is 49.5 Å². The van der Waals surface area contributed by atoms with Crippen molar-refractivity contribution in [3.05, 3.63) is 35.9 Å². The lowest BCUT2D eigenvalue weighted by molar-refractivity contribution is 0.111. The van der Waals surface area contributed by atoms with E-state index in [9.17, 15) is 0 Å². The lowest BCUT2D eigenvalue weighted by Gasteiger charge is -2.21. The van der Waals surface area contributed by atoms with Crippen LogP contribution in [0.25, 0.3) is 0 Å². The average molecular weight is 205 g/mol. The zero-order valence-corrected chi connectivity index (χ0v) is 9.44. The highest BCUT2D eigenvalue weighted by atomic mass is 16.5. The molecule has 0 unspecified atom stereocenters. The monoisotopic (exact) mass is 205 g/mol. The Balaban J connectivity index is 1.95. The van der Waals surface area contributed by atoms with Crippen molar-refractivity contribution in [2.24, 2.45) is 0 Å². The van der Waals surface area contributed by atoms with Crippen LogP contribution in [0, 0.1) is 0 Å². The first kappa shape index (κ1) is 10.7. The van der Waals surface area contributed by atoms with Crippen LogP contribution in [0.15, 0.2) is 30.3 Å². The van der Waals surface area contributed by atoms with Crippen molar-refractivity contribution in [3.63, 3.8) is 0 Å². The molecule has 2 rings (SSSR count). The minimum Gasteiger partial charge on any atom is -0.377 e. The van der Waals surface area contributed by atoms with Crippen LogP contribution in [0.4, 0.5) is 0 Å². The highest BCUT2D eigenvalue weighted by molar-refractivity contribution is 5.18. The van der Waals surface area contributed by atoms with E-state index in [-0.39, 0.29) is 0 Å². The zero-order valence-electron chi connectivity index (χ0n) is 9.44. The fraction of sp³-hybridized carbons (Fsp3) is 0.538. The molecule has 3 atom stereocenters. The molecule has 0 saturated carbocycles. The Kier molecular flexibility index (Phi) is 3.39. The Morgan fingerprint density at radius 3 is 2.67 bits per heavy atom. The fourth-order valence-corrected chi connectivity index (χ4v) is 2.11. The Hall–Kier alpha value is -0.860. The molecule has 0 radical (unpaired) electrons. The molecule has 1 aromatic rings. The molecule has 1 fully saturated rings. The molecule has 15 heavy (non-hydrogen) atoms. The number of hydrogen-bond acceptors (Lipinski definition) is 2. The van der Waals surface area contributed by atoms with Gasteiger partial charge in [-0.2, -0.15) is 0 Å². The molecule has 1 heterocycles. The van der Waals surface area contributed by atoms with Gasteiger partial charge in [-0.1, -0.05) is 30.3 Å². The summed E-state index contributed by atoms with van der Waals surface area (Å²) < 4.78 is 5.54. The summed E-state index contributed by atoms with van der Waals surface area (Å²) in [5.74, 6) is 0. The van der Waals surface area contributed by atoms with Gasteiger partial charge < -0.3 is 10.1 Å². The van der Waals surface area contributed by atoms with E-state index in [1.54, 1.807) is 0 Å². The van der Waals surface area contributed by atoms with E-state index in [0.717, 1.165) is 13.0 Å². The van der Waals surface area contributed by atoms with Gasteiger partial charge in [-0.25, -0.2) is 0 Å². The number of benzene rings is 1. The van der Waals surface area contributed by atoms with Crippen LogP contribution in [0.2, 0.25) is 0 Å². The maximum absolute atomic E-state index is 5.54. The van der Waals surface area contributed by atoms with Gasteiger partial charge in [-0.05, 0) is 25.8 Å². The van der Waals surface area contributed by atoms with Crippen LogP contribution in [0.3, 0.4) is 0 Å². The summed E-state index contributed by atoms with van der Waals surface area (Å²) in [5, 5.41) is 3.62. The first-order chi connectivity index (χ1) is 7.27. The fourth-order valence-electron chi connectivity index (χ4n) is 2.11. The summed E-state index contributed by atoms with van der Waals surface area (Å²) in [7, 11) is 0. The number of hydrogen-bond donors (Lipinski definition) is 1. The molecule has 1 aromatic carbocycles. The van der Waals surface area contributed by atoms with Gasteiger partial charge in [0.05, 0.1) is 6.10 Å². The maximum atomic E-state index is 5.54. The van der Waals surface area contributed by atoms with Crippen LogP contribution in [-0.2, 0) is 4.74 Å². The van der Waals surface area contributed by atoms with Crippen molar-refractivity contribution >= 4 is 0 Å². The van der Waals surface area contributed by atoms with Crippen molar-refractivity contribution in [3.8, 4) is 0 Å². The van der Waals surface area contributed by atoms with Crippen molar-refractivity contribution < 1.29 is 4.74 Å². The molecule has 2 nitrogen and oxygen atoms in total. The topological polar surface area (TPSA) is 21.3 Å². The molecule has 1 aliphatic heterocycles. The van der Waals surface area contributed by atoms with Crippen molar-refractivity contribution in [1.82, 2.24) is 5.32 Å². The molecule has 1 N–H and O–H groups in total. The SMILES string of the molecule is C[C@H](N[C@H]1CCO[C@H]1C)c1ccccc1. The Labute approximate surface area is 91.6 Å². The van der Waals surface area contributed by atoms with Gasteiger partial charge >= 0.3 is 0 Å². The van der Waals surface area contributed by atoms with Gasteiger partial charge in [-0.15, -0.1) is 0 Å². The standard InChI is InChI=1S/C13H19NO/c1-10(12-6-4-3-5-7-12)14-13-8-9-15-11(13)2/h3-7,10-11,13-14H,8-9H2,1-2H3/t10-,11-,13-/m0/s1. The predicted molar refractivity (Wildman–Crippen MR) is 61.8 cm³/mol. The molecule has 0 amide bonds. The first-order valence-corrected chi connectivity index (χ1v) is 5.70.